The second-order valence-corrected chi connectivity index (χ2v) is 4.53. The molecule has 0 bridgehead atoms. The third-order valence-corrected chi connectivity index (χ3v) is 2.97. The molecule has 0 unspecified atom stereocenters. The first-order valence-corrected chi connectivity index (χ1v) is 5.79. The zero-order valence-corrected chi connectivity index (χ0v) is 10.8. The first-order chi connectivity index (χ1) is 8.08. The molecule has 0 atom stereocenters. The number of rotatable bonds is 2. The topological polar surface area (TPSA) is 50.9 Å². The van der Waals surface area contributed by atoms with E-state index >= 15 is 0 Å². The Labute approximate surface area is 107 Å². The molecule has 17 heavy (non-hydrogen) atoms. The highest BCUT2D eigenvalue weighted by Crippen LogP contribution is 2.30. The van der Waals surface area contributed by atoms with E-state index in [1.54, 1.807) is 25.3 Å². The molecule has 0 aliphatic rings. The molecule has 0 aliphatic heterocycles. The van der Waals surface area contributed by atoms with E-state index in [1.807, 2.05) is 0 Å². The lowest BCUT2D eigenvalue weighted by Crippen LogP contribution is -1.98. The number of pyridine rings is 1. The normalized spacial score (nSPS) is 10.3. The first-order valence-electron chi connectivity index (χ1n) is 5.00. The van der Waals surface area contributed by atoms with E-state index in [0.29, 0.717) is 22.6 Å². The summed E-state index contributed by atoms with van der Waals surface area (Å²) in [6, 6.07) is 4.94. The predicted octanol–water partition coefficient (Wildman–Crippen LogP) is 3.62. The summed E-state index contributed by atoms with van der Waals surface area (Å²) < 4.78 is 14.1. The van der Waals surface area contributed by atoms with Crippen LogP contribution in [0.1, 0.15) is 5.56 Å². The molecule has 0 saturated heterocycles. The fraction of sp³-hybridized carbons (Fsp3) is 0.0833. The first kappa shape index (κ1) is 11.9. The number of aryl methyl sites for hydroxylation is 1. The standard InChI is InChI=1S/C12H11BrFN3/c1-7-2-3-8(4-10(7)14)17-12-9(13)5-16-6-11(12)15/h2-6H,15H2,1H3,(H,16,17). The molecule has 1 aromatic carbocycles. The summed E-state index contributed by atoms with van der Waals surface area (Å²) in [6.07, 6.45) is 3.17. The number of nitrogens with two attached hydrogens (primary N) is 1. The number of aromatic nitrogens is 1. The van der Waals surface area contributed by atoms with Crippen LogP contribution in [0, 0.1) is 12.7 Å². The monoisotopic (exact) mass is 295 g/mol. The zero-order chi connectivity index (χ0) is 12.4. The quantitative estimate of drug-likeness (QED) is 0.890. The maximum absolute atomic E-state index is 13.4. The fourth-order valence-electron chi connectivity index (χ4n) is 1.40. The van der Waals surface area contributed by atoms with Gasteiger partial charge in [-0.1, -0.05) is 6.07 Å². The maximum Gasteiger partial charge on any atom is 0.128 e. The van der Waals surface area contributed by atoms with Gasteiger partial charge >= 0.3 is 0 Å². The van der Waals surface area contributed by atoms with Gasteiger partial charge in [0, 0.05) is 11.9 Å². The van der Waals surface area contributed by atoms with Crippen LogP contribution in [-0.4, -0.2) is 4.98 Å². The highest BCUT2D eigenvalue weighted by Gasteiger charge is 2.06. The summed E-state index contributed by atoms with van der Waals surface area (Å²) in [7, 11) is 0. The zero-order valence-electron chi connectivity index (χ0n) is 9.17. The predicted molar refractivity (Wildman–Crippen MR) is 70.8 cm³/mol. The minimum atomic E-state index is -0.251. The number of benzene rings is 1. The Bertz CT molecular complexity index is 537. The summed E-state index contributed by atoms with van der Waals surface area (Å²) in [5, 5.41) is 3.06. The van der Waals surface area contributed by atoms with Crippen molar-refractivity contribution in [2.75, 3.05) is 11.1 Å². The van der Waals surface area contributed by atoms with E-state index in [9.17, 15) is 4.39 Å². The van der Waals surface area contributed by atoms with E-state index in [-0.39, 0.29) is 5.82 Å². The van der Waals surface area contributed by atoms with Crippen molar-refractivity contribution in [1.29, 1.82) is 0 Å². The maximum atomic E-state index is 13.4. The molecular formula is C12H11BrFN3. The van der Waals surface area contributed by atoms with Gasteiger partial charge in [-0.2, -0.15) is 0 Å². The molecule has 0 spiro atoms. The van der Waals surface area contributed by atoms with Crippen LogP contribution in [0.3, 0.4) is 0 Å². The van der Waals surface area contributed by atoms with Crippen molar-refractivity contribution in [2.24, 2.45) is 0 Å². The molecule has 0 amide bonds. The number of anilines is 3. The van der Waals surface area contributed by atoms with Gasteiger partial charge in [-0.15, -0.1) is 0 Å². The van der Waals surface area contributed by atoms with Crippen LogP contribution in [0.5, 0.6) is 0 Å². The van der Waals surface area contributed by atoms with E-state index < -0.39 is 0 Å². The Kier molecular flexibility index (Phi) is 3.28. The second-order valence-electron chi connectivity index (χ2n) is 3.67. The number of nitrogens with zero attached hydrogens (tertiary/aromatic N) is 1. The molecule has 88 valence electrons. The Balaban J connectivity index is 2.35. The lowest BCUT2D eigenvalue weighted by molar-refractivity contribution is 0.619. The van der Waals surface area contributed by atoms with Crippen LogP contribution >= 0.6 is 15.9 Å². The molecule has 1 heterocycles. The highest BCUT2D eigenvalue weighted by molar-refractivity contribution is 9.10. The SMILES string of the molecule is Cc1ccc(Nc2c(N)cncc2Br)cc1F. The molecule has 0 aliphatic carbocycles. The largest absolute Gasteiger partial charge is 0.396 e. The van der Waals surface area contributed by atoms with Crippen molar-refractivity contribution in [3.8, 4) is 0 Å². The highest BCUT2D eigenvalue weighted by atomic mass is 79.9. The number of hydrogen-bond acceptors (Lipinski definition) is 3. The van der Waals surface area contributed by atoms with E-state index in [0.717, 1.165) is 4.47 Å². The lowest BCUT2D eigenvalue weighted by Gasteiger charge is -2.11. The molecular weight excluding hydrogens is 285 g/mol. The summed E-state index contributed by atoms with van der Waals surface area (Å²) in [4.78, 5) is 3.93. The molecule has 0 fully saturated rings. The van der Waals surface area contributed by atoms with Gasteiger partial charge in [0.05, 0.1) is 22.0 Å². The van der Waals surface area contributed by atoms with Gasteiger partial charge in [0.1, 0.15) is 5.82 Å². The van der Waals surface area contributed by atoms with Gasteiger partial charge in [-0.25, -0.2) is 4.39 Å². The molecule has 1 aromatic heterocycles. The summed E-state index contributed by atoms with van der Waals surface area (Å²) in [5.41, 5.74) is 8.23. The van der Waals surface area contributed by atoms with Crippen LogP contribution < -0.4 is 11.1 Å². The van der Waals surface area contributed by atoms with Gasteiger partial charge in [0.15, 0.2) is 0 Å². The van der Waals surface area contributed by atoms with Gasteiger partial charge in [0.25, 0.3) is 0 Å². The van der Waals surface area contributed by atoms with Crippen molar-refractivity contribution in [3.63, 3.8) is 0 Å². The van der Waals surface area contributed by atoms with Crippen LogP contribution in [0.4, 0.5) is 21.5 Å². The average molecular weight is 296 g/mol. The summed E-state index contributed by atoms with van der Waals surface area (Å²) >= 11 is 3.34. The van der Waals surface area contributed by atoms with Gasteiger partial charge in [-0.3, -0.25) is 4.98 Å². The Morgan fingerprint density at radius 2 is 2.12 bits per heavy atom. The van der Waals surface area contributed by atoms with Crippen LogP contribution in [0.25, 0.3) is 0 Å². The summed E-state index contributed by atoms with van der Waals surface area (Å²) in [6.45, 7) is 1.72. The molecule has 3 nitrogen and oxygen atoms in total. The average Bonchev–Trinajstić information content (AvgIpc) is 2.28. The van der Waals surface area contributed by atoms with E-state index in [4.69, 9.17) is 5.73 Å². The van der Waals surface area contributed by atoms with Crippen LogP contribution in [-0.2, 0) is 0 Å². The number of halogens is 2. The molecule has 0 radical (unpaired) electrons. The molecule has 2 aromatic rings. The Morgan fingerprint density at radius 3 is 2.76 bits per heavy atom. The molecule has 5 heteroatoms. The summed E-state index contributed by atoms with van der Waals surface area (Å²) in [5.74, 6) is -0.251. The minimum Gasteiger partial charge on any atom is -0.396 e. The molecule has 0 saturated carbocycles. The van der Waals surface area contributed by atoms with E-state index in [1.165, 1.54) is 12.3 Å². The Hall–Kier alpha value is -1.62. The van der Waals surface area contributed by atoms with Gasteiger partial charge < -0.3 is 11.1 Å². The van der Waals surface area contributed by atoms with Gasteiger partial charge in [0.2, 0.25) is 0 Å². The van der Waals surface area contributed by atoms with Crippen LogP contribution in [0.15, 0.2) is 35.1 Å². The number of nitrogens with one attached hydrogen (secondary N) is 1. The second kappa shape index (κ2) is 4.71. The third kappa shape index (κ3) is 2.55. The number of hydrogen-bond donors (Lipinski definition) is 2. The van der Waals surface area contributed by atoms with Crippen molar-refractivity contribution < 1.29 is 4.39 Å². The van der Waals surface area contributed by atoms with Crippen molar-refractivity contribution in [2.45, 2.75) is 6.92 Å². The van der Waals surface area contributed by atoms with Crippen molar-refractivity contribution in [1.82, 2.24) is 4.98 Å². The smallest absolute Gasteiger partial charge is 0.128 e. The van der Waals surface area contributed by atoms with Gasteiger partial charge in [-0.05, 0) is 40.5 Å². The fourth-order valence-corrected chi connectivity index (χ4v) is 1.84. The number of nitrogen functional groups attached to an aromatic ring is 1. The van der Waals surface area contributed by atoms with Crippen molar-refractivity contribution >= 4 is 33.0 Å². The third-order valence-electron chi connectivity index (χ3n) is 2.37. The van der Waals surface area contributed by atoms with Crippen molar-refractivity contribution in [3.05, 3.63) is 46.4 Å². The lowest BCUT2D eigenvalue weighted by atomic mass is 10.2. The van der Waals surface area contributed by atoms with E-state index in [2.05, 4.69) is 26.2 Å². The minimum absolute atomic E-state index is 0.251. The van der Waals surface area contributed by atoms with Crippen LogP contribution in [0.2, 0.25) is 0 Å². The molecule has 3 N–H and O–H groups in total. The molecule has 2 rings (SSSR count). The Morgan fingerprint density at radius 1 is 1.35 bits per heavy atom.